The molecule has 0 unspecified atom stereocenters. The first-order valence-electron chi connectivity index (χ1n) is 8.66. The molecule has 122 valence electrons. The minimum Gasteiger partial charge on any atom is -0.207 e. The van der Waals surface area contributed by atoms with Crippen LogP contribution in [0, 0.1) is 28.9 Å². The summed E-state index contributed by atoms with van der Waals surface area (Å²) in [6, 6.07) is 14.1. The number of allylic oxidation sites excluding steroid dienone is 2. The number of hydrogen-bond acceptors (Lipinski definition) is 0. The second-order valence-electron chi connectivity index (χ2n) is 8.05. The zero-order valence-electron chi connectivity index (χ0n) is 13.9. The number of hydrogen-bond donors (Lipinski definition) is 0. The molecule has 0 bridgehead atoms. The van der Waals surface area contributed by atoms with Crippen molar-refractivity contribution in [1.82, 2.24) is 0 Å². The fourth-order valence-electron chi connectivity index (χ4n) is 6.84. The first-order valence-corrected chi connectivity index (χ1v) is 8.66. The Bertz CT molecular complexity index is 847. The van der Waals surface area contributed by atoms with Crippen LogP contribution in [0.3, 0.4) is 0 Å². The second kappa shape index (κ2) is 4.17. The smallest absolute Gasteiger partial charge is 0.123 e. The SMILES string of the molecule is CC1(C)[C@]2(c3ccc(F)cc3)[C@H]3CC=C[C@H]3[C@]12c1ccc(F)cc1. The molecule has 0 spiro atoms. The Labute approximate surface area is 141 Å². The molecular weight excluding hydrogens is 302 g/mol. The normalized spacial score (nSPS) is 37.5. The van der Waals surface area contributed by atoms with E-state index in [-0.39, 0.29) is 27.9 Å². The lowest BCUT2D eigenvalue weighted by molar-refractivity contribution is 0.145. The third kappa shape index (κ3) is 1.22. The summed E-state index contributed by atoms with van der Waals surface area (Å²) in [5.74, 6) is 0.659. The molecule has 0 radical (unpaired) electrons. The molecule has 0 heterocycles. The number of rotatable bonds is 2. The summed E-state index contributed by atoms with van der Waals surface area (Å²) in [5.41, 5.74) is 2.51. The van der Waals surface area contributed by atoms with Crippen molar-refractivity contribution in [2.45, 2.75) is 31.1 Å². The first kappa shape index (κ1) is 14.4. The highest BCUT2D eigenvalue weighted by molar-refractivity contribution is 5.66. The number of halogens is 2. The summed E-state index contributed by atoms with van der Waals surface area (Å²) in [7, 11) is 0. The molecule has 2 heteroatoms. The Morgan fingerprint density at radius 1 is 0.792 bits per heavy atom. The molecule has 0 aromatic heterocycles. The molecular formula is C22H20F2. The van der Waals surface area contributed by atoms with Gasteiger partial charge < -0.3 is 0 Å². The Morgan fingerprint density at radius 2 is 1.29 bits per heavy atom. The van der Waals surface area contributed by atoms with Crippen molar-refractivity contribution in [2.75, 3.05) is 0 Å². The lowest BCUT2D eigenvalue weighted by Gasteiger charge is -2.48. The number of fused-ring (bicyclic) bond motifs is 4. The van der Waals surface area contributed by atoms with Gasteiger partial charge >= 0.3 is 0 Å². The Balaban J connectivity index is 1.74. The molecule has 24 heavy (non-hydrogen) atoms. The zero-order valence-corrected chi connectivity index (χ0v) is 13.9. The van der Waals surface area contributed by atoms with Gasteiger partial charge in [-0.05, 0) is 59.1 Å². The molecule has 0 saturated heterocycles. The van der Waals surface area contributed by atoms with E-state index in [0.717, 1.165) is 6.42 Å². The third-order valence-corrected chi connectivity index (χ3v) is 7.35. The van der Waals surface area contributed by atoms with Crippen LogP contribution in [0.15, 0.2) is 60.7 Å². The first-order chi connectivity index (χ1) is 11.5. The summed E-state index contributed by atoms with van der Waals surface area (Å²) < 4.78 is 27.0. The topological polar surface area (TPSA) is 0 Å². The van der Waals surface area contributed by atoms with Crippen molar-refractivity contribution >= 4 is 0 Å². The highest BCUT2D eigenvalue weighted by atomic mass is 19.1. The minimum atomic E-state index is -0.196. The van der Waals surface area contributed by atoms with Crippen molar-refractivity contribution in [3.63, 3.8) is 0 Å². The van der Waals surface area contributed by atoms with Gasteiger partial charge in [-0.3, -0.25) is 0 Å². The molecule has 5 rings (SSSR count). The monoisotopic (exact) mass is 322 g/mol. The zero-order chi connectivity index (χ0) is 16.7. The Kier molecular flexibility index (Phi) is 2.50. The van der Waals surface area contributed by atoms with E-state index >= 15 is 0 Å². The molecule has 0 amide bonds. The van der Waals surface area contributed by atoms with Crippen LogP contribution in [0.2, 0.25) is 0 Å². The fraction of sp³-hybridized carbons (Fsp3) is 0.364. The van der Waals surface area contributed by atoms with Crippen molar-refractivity contribution < 1.29 is 8.78 Å². The van der Waals surface area contributed by atoms with Crippen LogP contribution in [0.25, 0.3) is 0 Å². The molecule has 0 N–H and O–H groups in total. The summed E-state index contributed by atoms with van der Waals surface area (Å²) in [5, 5.41) is 0. The molecule has 3 aliphatic carbocycles. The highest BCUT2D eigenvalue weighted by Crippen LogP contribution is 2.94. The highest BCUT2D eigenvalue weighted by Gasteiger charge is 2.95. The Morgan fingerprint density at radius 3 is 1.83 bits per heavy atom. The lowest BCUT2D eigenvalue weighted by atomic mass is 9.54. The van der Waals surface area contributed by atoms with Crippen LogP contribution >= 0.6 is 0 Å². The van der Waals surface area contributed by atoms with Gasteiger partial charge in [0.15, 0.2) is 0 Å². The van der Waals surface area contributed by atoms with Gasteiger partial charge in [0.1, 0.15) is 11.6 Å². The van der Waals surface area contributed by atoms with Crippen LogP contribution in [0.5, 0.6) is 0 Å². The molecule has 2 saturated carbocycles. The van der Waals surface area contributed by atoms with Crippen LogP contribution in [0.4, 0.5) is 8.78 Å². The second-order valence-corrected chi connectivity index (χ2v) is 8.05. The van der Waals surface area contributed by atoms with Crippen molar-refractivity contribution in [3.8, 4) is 0 Å². The maximum absolute atomic E-state index is 13.5. The maximum atomic E-state index is 13.5. The summed E-state index contributed by atoms with van der Waals surface area (Å²) in [6.45, 7) is 4.65. The molecule has 0 nitrogen and oxygen atoms in total. The van der Waals surface area contributed by atoms with E-state index < -0.39 is 0 Å². The van der Waals surface area contributed by atoms with E-state index in [1.54, 1.807) is 24.3 Å². The van der Waals surface area contributed by atoms with E-state index in [1.807, 2.05) is 24.3 Å². The molecule has 2 aromatic rings. The van der Waals surface area contributed by atoms with Crippen LogP contribution in [0.1, 0.15) is 31.4 Å². The van der Waals surface area contributed by atoms with Gasteiger partial charge in [0.2, 0.25) is 0 Å². The average molecular weight is 322 g/mol. The maximum Gasteiger partial charge on any atom is 0.123 e. The van der Waals surface area contributed by atoms with Gasteiger partial charge in [0.05, 0.1) is 0 Å². The summed E-state index contributed by atoms with van der Waals surface area (Å²) in [4.78, 5) is 0. The van der Waals surface area contributed by atoms with E-state index in [9.17, 15) is 8.78 Å². The molecule has 0 aliphatic heterocycles. The van der Waals surface area contributed by atoms with Crippen molar-refractivity contribution in [1.29, 1.82) is 0 Å². The van der Waals surface area contributed by atoms with Crippen LogP contribution in [-0.2, 0) is 10.8 Å². The van der Waals surface area contributed by atoms with Gasteiger partial charge in [-0.15, -0.1) is 0 Å². The predicted octanol–water partition coefficient (Wildman–Crippen LogP) is 5.39. The fourth-order valence-corrected chi connectivity index (χ4v) is 6.84. The van der Waals surface area contributed by atoms with Gasteiger partial charge in [-0.25, -0.2) is 8.78 Å². The van der Waals surface area contributed by atoms with Crippen molar-refractivity contribution in [2.24, 2.45) is 17.3 Å². The van der Waals surface area contributed by atoms with E-state index in [2.05, 4.69) is 26.0 Å². The average Bonchev–Trinajstić information content (AvgIpc) is 2.82. The molecule has 3 aliphatic rings. The van der Waals surface area contributed by atoms with E-state index in [0.29, 0.717) is 11.8 Å². The summed E-state index contributed by atoms with van der Waals surface area (Å²) >= 11 is 0. The van der Waals surface area contributed by atoms with Crippen LogP contribution < -0.4 is 0 Å². The standard InChI is InChI=1S/C22H20F2/c1-20(2)21(14-6-10-16(23)11-7-14)18-4-3-5-19(18)22(20,21)15-8-12-17(24)13-9-15/h3-4,6-13,18-19H,5H2,1-2H3/t18-,19+,21-,22+/m1/s1. The minimum absolute atomic E-state index is 0.0107. The largest absolute Gasteiger partial charge is 0.207 e. The van der Waals surface area contributed by atoms with Gasteiger partial charge in [-0.1, -0.05) is 50.3 Å². The molecule has 2 aromatic carbocycles. The number of benzene rings is 2. The summed E-state index contributed by atoms with van der Waals surface area (Å²) in [6.07, 6.45) is 5.72. The lowest BCUT2D eigenvalue weighted by Crippen LogP contribution is -2.49. The molecule has 2 fully saturated rings. The molecule has 4 atom stereocenters. The quantitative estimate of drug-likeness (QED) is 0.651. The van der Waals surface area contributed by atoms with Crippen LogP contribution in [-0.4, -0.2) is 0 Å². The van der Waals surface area contributed by atoms with Gasteiger partial charge in [0.25, 0.3) is 0 Å². The predicted molar refractivity (Wildman–Crippen MR) is 90.7 cm³/mol. The van der Waals surface area contributed by atoms with E-state index in [4.69, 9.17) is 0 Å². The van der Waals surface area contributed by atoms with Crippen molar-refractivity contribution in [3.05, 3.63) is 83.4 Å². The third-order valence-electron chi connectivity index (χ3n) is 7.35. The Hall–Kier alpha value is -1.96. The van der Waals surface area contributed by atoms with Gasteiger partial charge in [0, 0.05) is 10.8 Å². The van der Waals surface area contributed by atoms with Gasteiger partial charge in [-0.2, -0.15) is 0 Å². The van der Waals surface area contributed by atoms with E-state index in [1.165, 1.54) is 11.1 Å².